The Kier molecular flexibility index (Phi) is 3.11. The molecule has 0 heterocycles. The Morgan fingerprint density at radius 3 is 2.57 bits per heavy atom. The van der Waals surface area contributed by atoms with Gasteiger partial charge in [-0.1, -0.05) is 6.07 Å². The number of anilines is 1. The molecule has 14 heavy (non-hydrogen) atoms. The average Bonchev–Trinajstić information content (AvgIpc) is 2.06. The molecule has 0 aliphatic carbocycles. The Hall–Kier alpha value is -1.09. The van der Waals surface area contributed by atoms with Crippen LogP contribution in [0.25, 0.3) is 0 Å². The summed E-state index contributed by atoms with van der Waals surface area (Å²) >= 11 is 0. The van der Waals surface area contributed by atoms with Crippen molar-refractivity contribution in [2.75, 3.05) is 11.9 Å². The van der Waals surface area contributed by atoms with E-state index in [1.807, 2.05) is 0 Å². The highest BCUT2D eigenvalue weighted by atomic mass is 19.1. The Morgan fingerprint density at radius 2 is 2.07 bits per heavy atom. The lowest BCUT2D eigenvalue weighted by Gasteiger charge is -2.18. The van der Waals surface area contributed by atoms with E-state index in [0.29, 0.717) is 17.8 Å². The first-order chi connectivity index (χ1) is 6.38. The fraction of sp³-hybridized carbons (Fsp3) is 0.455. The minimum absolute atomic E-state index is 0.231. The zero-order valence-corrected chi connectivity index (χ0v) is 8.76. The Labute approximate surface area is 83.8 Å². The molecule has 0 spiro atoms. The fourth-order valence-corrected chi connectivity index (χ4v) is 1.02. The van der Waals surface area contributed by atoms with Crippen molar-refractivity contribution in [1.29, 1.82) is 0 Å². The SMILES string of the molecule is Cc1ccc(NCC(C)(C)O)cc1F. The van der Waals surface area contributed by atoms with Crippen molar-refractivity contribution in [3.05, 3.63) is 29.6 Å². The van der Waals surface area contributed by atoms with Gasteiger partial charge in [0.05, 0.1) is 5.60 Å². The van der Waals surface area contributed by atoms with Gasteiger partial charge in [0.1, 0.15) is 5.82 Å². The first kappa shape index (κ1) is 11.0. The zero-order valence-electron chi connectivity index (χ0n) is 8.76. The molecule has 3 heteroatoms. The summed E-state index contributed by atoms with van der Waals surface area (Å²) in [6.07, 6.45) is 0. The first-order valence-electron chi connectivity index (χ1n) is 4.61. The van der Waals surface area contributed by atoms with Crippen molar-refractivity contribution >= 4 is 5.69 Å². The number of benzene rings is 1. The second-order valence-corrected chi connectivity index (χ2v) is 4.13. The Balaban J connectivity index is 2.65. The summed E-state index contributed by atoms with van der Waals surface area (Å²) in [5.41, 5.74) is 0.524. The largest absolute Gasteiger partial charge is 0.389 e. The van der Waals surface area contributed by atoms with Gasteiger partial charge in [-0.25, -0.2) is 4.39 Å². The highest BCUT2D eigenvalue weighted by Crippen LogP contribution is 2.14. The fourth-order valence-electron chi connectivity index (χ4n) is 1.02. The van der Waals surface area contributed by atoms with Gasteiger partial charge in [-0.2, -0.15) is 0 Å². The molecular weight excluding hydrogens is 181 g/mol. The summed E-state index contributed by atoms with van der Waals surface area (Å²) < 4.78 is 13.1. The molecule has 1 aromatic carbocycles. The van der Waals surface area contributed by atoms with E-state index in [-0.39, 0.29) is 5.82 Å². The van der Waals surface area contributed by atoms with Crippen LogP contribution in [0.2, 0.25) is 0 Å². The van der Waals surface area contributed by atoms with Crippen LogP contribution in [0.4, 0.5) is 10.1 Å². The van der Waals surface area contributed by atoms with Crippen molar-refractivity contribution in [3.8, 4) is 0 Å². The predicted molar refractivity (Wildman–Crippen MR) is 55.9 cm³/mol. The number of halogens is 1. The second kappa shape index (κ2) is 3.96. The summed E-state index contributed by atoms with van der Waals surface area (Å²) in [5.74, 6) is -0.231. The van der Waals surface area contributed by atoms with E-state index >= 15 is 0 Å². The Morgan fingerprint density at radius 1 is 1.43 bits per heavy atom. The van der Waals surface area contributed by atoms with E-state index in [4.69, 9.17) is 0 Å². The number of aryl methyl sites for hydroxylation is 1. The molecule has 2 nitrogen and oxygen atoms in total. The average molecular weight is 197 g/mol. The van der Waals surface area contributed by atoms with Crippen molar-refractivity contribution < 1.29 is 9.50 Å². The van der Waals surface area contributed by atoms with Crippen LogP contribution in [0.1, 0.15) is 19.4 Å². The summed E-state index contributed by atoms with van der Waals surface area (Å²) in [7, 11) is 0. The normalized spacial score (nSPS) is 11.5. The molecule has 78 valence electrons. The third kappa shape index (κ3) is 3.34. The molecule has 0 bridgehead atoms. The van der Waals surface area contributed by atoms with Crippen molar-refractivity contribution in [3.63, 3.8) is 0 Å². The molecule has 0 saturated heterocycles. The number of aliphatic hydroxyl groups is 1. The van der Waals surface area contributed by atoms with Crippen LogP contribution in [0.3, 0.4) is 0 Å². The van der Waals surface area contributed by atoms with Crippen molar-refractivity contribution in [1.82, 2.24) is 0 Å². The summed E-state index contributed by atoms with van der Waals surface area (Å²) in [6, 6.07) is 4.94. The minimum Gasteiger partial charge on any atom is -0.389 e. The van der Waals surface area contributed by atoms with E-state index in [9.17, 15) is 9.50 Å². The molecule has 1 aromatic rings. The maximum atomic E-state index is 13.1. The highest BCUT2D eigenvalue weighted by molar-refractivity contribution is 5.45. The van der Waals surface area contributed by atoms with Crippen LogP contribution in [-0.4, -0.2) is 17.3 Å². The monoisotopic (exact) mass is 197 g/mol. The lowest BCUT2D eigenvalue weighted by atomic mass is 10.1. The van der Waals surface area contributed by atoms with Crippen molar-refractivity contribution in [2.24, 2.45) is 0 Å². The van der Waals surface area contributed by atoms with Gasteiger partial charge in [-0.05, 0) is 38.5 Å². The molecule has 0 fully saturated rings. The van der Waals surface area contributed by atoms with Gasteiger partial charge in [-0.3, -0.25) is 0 Å². The maximum Gasteiger partial charge on any atom is 0.128 e. The molecule has 0 radical (unpaired) electrons. The van der Waals surface area contributed by atoms with Gasteiger partial charge in [0.2, 0.25) is 0 Å². The van der Waals surface area contributed by atoms with Crippen LogP contribution >= 0.6 is 0 Å². The van der Waals surface area contributed by atoms with Gasteiger partial charge in [0, 0.05) is 12.2 Å². The summed E-state index contributed by atoms with van der Waals surface area (Å²) in [4.78, 5) is 0. The predicted octanol–water partition coefficient (Wildman–Crippen LogP) is 2.32. The molecule has 0 aliphatic heterocycles. The minimum atomic E-state index is -0.790. The standard InChI is InChI=1S/C11H16FNO/c1-8-4-5-9(6-10(8)12)13-7-11(2,3)14/h4-6,13-14H,7H2,1-3H3. The molecule has 0 amide bonds. The topological polar surface area (TPSA) is 32.3 Å². The van der Waals surface area contributed by atoms with Gasteiger partial charge in [0.15, 0.2) is 0 Å². The van der Waals surface area contributed by atoms with E-state index in [1.165, 1.54) is 6.07 Å². The number of nitrogens with one attached hydrogen (secondary N) is 1. The molecule has 0 unspecified atom stereocenters. The van der Waals surface area contributed by atoms with Crippen LogP contribution < -0.4 is 5.32 Å². The van der Waals surface area contributed by atoms with Gasteiger partial charge in [0.25, 0.3) is 0 Å². The molecule has 2 N–H and O–H groups in total. The molecule has 0 atom stereocenters. The third-order valence-corrected chi connectivity index (χ3v) is 1.90. The zero-order chi connectivity index (χ0) is 10.8. The van der Waals surface area contributed by atoms with E-state index < -0.39 is 5.60 Å². The van der Waals surface area contributed by atoms with Gasteiger partial charge in [-0.15, -0.1) is 0 Å². The van der Waals surface area contributed by atoms with Crippen molar-refractivity contribution in [2.45, 2.75) is 26.4 Å². The second-order valence-electron chi connectivity index (χ2n) is 4.13. The molecule has 1 rings (SSSR count). The third-order valence-electron chi connectivity index (χ3n) is 1.90. The number of rotatable bonds is 3. The van der Waals surface area contributed by atoms with Crippen LogP contribution in [-0.2, 0) is 0 Å². The van der Waals surface area contributed by atoms with Crippen LogP contribution in [0.15, 0.2) is 18.2 Å². The molecule has 0 saturated carbocycles. The summed E-state index contributed by atoms with van der Waals surface area (Å²) in [5, 5.41) is 12.4. The number of hydrogen-bond donors (Lipinski definition) is 2. The molecule has 0 aliphatic rings. The van der Waals surface area contributed by atoms with E-state index in [1.54, 1.807) is 32.9 Å². The van der Waals surface area contributed by atoms with Gasteiger partial charge >= 0.3 is 0 Å². The summed E-state index contributed by atoms with van der Waals surface area (Å²) in [6.45, 7) is 5.51. The molecule has 0 aromatic heterocycles. The smallest absolute Gasteiger partial charge is 0.128 e. The highest BCUT2D eigenvalue weighted by Gasteiger charge is 2.11. The quantitative estimate of drug-likeness (QED) is 0.779. The number of hydrogen-bond acceptors (Lipinski definition) is 2. The maximum absolute atomic E-state index is 13.1. The lowest BCUT2D eigenvalue weighted by Crippen LogP contribution is -2.29. The molecular formula is C11H16FNO. The van der Waals surface area contributed by atoms with Gasteiger partial charge < -0.3 is 10.4 Å². The van der Waals surface area contributed by atoms with E-state index in [2.05, 4.69) is 5.32 Å². The first-order valence-corrected chi connectivity index (χ1v) is 4.61. The Bertz CT molecular complexity index is 318. The van der Waals surface area contributed by atoms with Crippen LogP contribution in [0.5, 0.6) is 0 Å². The van der Waals surface area contributed by atoms with Crippen LogP contribution in [0, 0.1) is 12.7 Å². The lowest BCUT2D eigenvalue weighted by molar-refractivity contribution is 0.0945. The van der Waals surface area contributed by atoms with E-state index in [0.717, 1.165) is 0 Å².